The van der Waals surface area contributed by atoms with Crippen molar-refractivity contribution in [1.29, 1.82) is 0 Å². The van der Waals surface area contributed by atoms with E-state index in [1.807, 2.05) is 24.3 Å². The van der Waals surface area contributed by atoms with Gasteiger partial charge >= 0.3 is 5.69 Å². The molecule has 0 saturated heterocycles. The molecule has 0 bridgehead atoms. The number of pyridine rings is 1. The third-order valence-corrected chi connectivity index (χ3v) is 3.90. The van der Waals surface area contributed by atoms with Crippen LogP contribution in [0, 0.1) is 10.1 Å². The summed E-state index contributed by atoms with van der Waals surface area (Å²) in [7, 11) is 0. The number of nitro groups is 1. The fourth-order valence-corrected chi connectivity index (χ4v) is 2.69. The smallest absolute Gasteiger partial charge is 0.353 e. The molecule has 1 aromatic carbocycles. The molecule has 9 heteroatoms. The molecule has 4 aromatic rings. The molecule has 0 aliphatic rings. The number of benzene rings is 1. The molecule has 0 fully saturated rings. The average Bonchev–Trinajstić information content (AvgIpc) is 3.20. The first-order valence-corrected chi connectivity index (χ1v) is 8.09. The third kappa shape index (κ3) is 3.38. The van der Waals surface area contributed by atoms with E-state index < -0.39 is 4.92 Å². The molecule has 0 saturated carbocycles. The second-order valence-corrected chi connectivity index (χ2v) is 5.62. The highest BCUT2D eigenvalue weighted by Crippen LogP contribution is 2.33. The largest absolute Gasteiger partial charge is 0.467 e. The lowest BCUT2D eigenvalue weighted by atomic mass is 10.2. The van der Waals surface area contributed by atoms with Crippen LogP contribution in [0.1, 0.15) is 5.76 Å². The van der Waals surface area contributed by atoms with E-state index in [9.17, 15) is 10.1 Å². The number of hydrogen-bond donors (Lipinski definition) is 2. The van der Waals surface area contributed by atoms with Crippen molar-refractivity contribution in [2.75, 3.05) is 10.6 Å². The van der Waals surface area contributed by atoms with Crippen LogP contribution in [0.3, 0.4) is 0 Å². The molecule has 27 heavy (non-hydrogen) atoms. The molecule has 0 aliphatic heterocycles. The Balaban J connectivity index is 1.69. The van der Waals surface area contributed by atoms with Gasteiger partial charge in [0.05, 0.1) is 28.9 Å². The van der Waals surface area contributed by atoms with Crippen molar-refractivity contribution in [1.82, 2.24) is 15.0 Å². The van der Waals surface area contributed by atoms with Gasteiger partial charge in [0.25, 0.3) is 0 Å². The normalized spacial score (nSPS) is 10.7. The zero-order chi connectivity index (χ0) is 18.6. The second kappa shape index (κ2) is 7.08. The highest BCUT2D eigenvalue weighted by molar-refractivity contribution is 5.92. The van der Waals surface area contributed by atoms with Crippen molar-refractivity contribution in [2.24, 2.45) is 0 Å². The first-order valence-electron chi connectivity index (χ1n) is 8.09. The molecule has 0 unspecified atom stereocenters. The van der Waals surface area contributed by atoms with Gasteiger partial charge in [-0.3, -0.25) is 15.1 Å². The summed E-state index contributed by atoms with van der Waals surface area (Å²) in [5.74, 6) is 0.813. The zero-order valence-corrected chi connectivity index (χ0v) is 14.0. The Morgan fingerprint density at radius 3 is 2.70 bits per heavy atom. The molecule has 4 rings (SSSR count). The van der Waals surface area contributed by atoms with Crippen LogP contribution in [0.4, 0.5) is 23.0 Å². The molecule has 9 nitrogen and oxygen atoms in total. The summed E-state index contributed by atoms with van der Waals surface area (Å²) in [4.78, 5) is 23.5. The van der Waals surface area contributed by atoms with Gasteiger partial charge in [-0.1, -0.05) is 18.2 Å². The summed E-state index contributed by atoms with van der Waals surface area (Å²) >= 11 is 0. The van der Waals surface area contributed by atoms with E-state index in [1.165, 1.54) is 12.6 Å². The minimum Gasteiger partial charge on any atom is -0.467 e. The monoisotopic (exact) mass is 362 g/mol. The highest BCUT2D eigenvalue weighted by Gasteiger charge is 2.23. The fraction of sp³-hybridized carbons (Fsp3) is 0.0556. The van der Waals surface area contributed by atoms with E-state index >= 15 is 0 Å². The molecule has 2 N–H and O–H groups in total. The highest BCUT2D eigenvalue weighted by atomic mass is 16.6. The maximum Gasteiger partial charge on any atom is 0.353 e. The van der Waals surface area contributed by atoms with Crippen LogP contribution in [-0.4, -0.2) is 19.9 Å². The van der Waals surface area contributed by atoms with Crippen LogP contribution in [0.25, 0.3) is 10.9 Å². The molecular formula is C18H14N6O3. The van der Waals surface area contributed by atoms with Crippen molar-refractivity contribution in [2.45, 2.75) is 6.54 Å². The Kier molecular flexibility index (Phi) is 4.32. The zero-order valence-electron chi connectivity index (χ0n) is 14.0. The van der Waals surface area contributed by atoms with E-state index in [2.05, 4.69) is 25.6 Å². The summed E-state index contributed by atoms with van der Waals surface area (Å²) in [5, 5.41) is 18.5. The van der Waals surface area contributed by atoms with Crippen molar-refractivity contribution in [3.63, 3.8) is 0 Å². The standard InChI is InChI=1S/C18H14N6O3/c25-24(26)16-17(20-10-13-6-3-9-27-13)21-11-22-18(16)23-14-7-1-4-12-5-2-8-19-15(12)14/h1-9,11H,10H2,(H2,20,21,22,23). The molecule has 0 amide bonds. The number of fused-ring (bicyclic) bond motifs is 1. The molecule has 0 atom stereocenters. The van der Waals surface area contributed by atoms with Crippen LogP contribution >= 0.6 is 0 Å². The van der Waals surface area contributed by atoms with Crippen molar-refractivity contribution >= 4 is 33.9 Å². The third-order valence-electron chi connectivity index (χ3n) is 3.90. The molecule has 3 heterocycles. The predicted octanol–water partition coefficient (Wildman–Crippen LogP) is 3.88. The Labute approximate surface area is 153 Å². The van der Waals surface area contributed by atoms with Gasteiger partial charge in [0.15, 0.2) is 0 Å². The Hall–Kier alpha value is -4.01. The number of anilines is 3. The number of furan rings is 1. The molecule has 134 valence electrons. The van der Waals surface area contributed by atoms with E-state index in [0.717, 1.165) is 5.39 Å². The van der Waals surface area contributed by atoms with Gasteiger partial charge in [0, 0.05) is 11.6 Å². The number of nitrogens with one attached hydrogen (secondary N) is 2. The minimum atomic E-state index is -0.522. The summed E-state index contributed by atoms with van der Waals surface area (Å²) in [5.41, 5.74) is 1.06. The van der Waals surface area contributed by atoms with Crippen molar-refractivity contribution < 1.29 is 9.34 Å². The predicted molar refractivity (Wildman–Crippen MR) is 99.7 cm³/mol. The number of hydrogen-bond acceptors (Lipinski definition) is 8. The molecule has 3 aromatic heterocycles. The van der Waals surface area contributed by atoms with Gasteiger partial charge in [-0.25, -0.2) is 9.97 Å². The lowest BCUT2D eigenvalue weighted by Crippen LogP contribution is -2.08. The SMILES string of the molecule is O=[N+]([O-])c1c(NCc2ccco2)ncnc1Nc1cccc2cccnc12. The number of rotatable bonds is 6. The Bertz CT molecular complexity index is 1090. The molecule has 0 radical (unpaired) electrons. The van der Waals surface area contributed by atoms with Crippen LogP contribution in [0.2, 0.25) is 0 Å². The van der Waals surface area contributed by atoms with Crippen LogP contribution in [0.5, 0.6) is 0 Å². The van der Waals surface area contributed by atoms with E-state index in [4.69, 9.17) is 4.42 Å². The van der Waals surface area contributed by atoms with Gasteiger partial charge in [-0.15, -0.1) is 0 Å². The summed E-state index contributed by atoms with van der Waals surface area (Å²) in [6, 6.07) is 12.8. The van der Waals surface area contributed by atoms with Gasteiger partial charge in [0.1, 0.15) is 12.1 Å². The number of para-hydroxylation sites is 1. The van der Waals surface area contributed by atoms with Gasteiger partial charge in [0.2, 0.25) is 11.6 Å². The molecule has 0 spiro atoms. The van der Waals surface area contributed by atoms with Crippen molar-refractivity contribution in [3.8, 4) is 0 Å². The van der Waals surface area contributed by atoms with Crippen molar-refractivity contribution in [3.05, 3.63) is 77.1 Å². The Morgan fingerprint density at radius 2 is 1.89 bits per heavy atom. The first-order chi connectivity index (χ1) is 13.2. The van der Waals surface area contributed by atoms with Gasteiger partial charge < -0.3 is 15.1 Å². The quantitative estimate of drug-likeness (QED) is 0.392. The van der Waals surface area contributed by atoms with Gasteiger partial charge in [-0.2, -0.15) is 0 Å². The van der Waals surface area contributed by atoms with E-state index in [1.54, 1.807) is 24.4 Å². The summed E-state index contributed by atoms with van der Waals surface area (Å²) < 4.78 is 5.23. The average molecular weight is 362 g/mol. The maximum absolute atomic E-state index is 11.7. The summed E-state index contributed by atoms with van der Waals surface area (Å²) in [6.07, 6.45) is 4.46. The molecule has 0 aliphatic carbocycles. The number of aromatic nitrogens is 3. The van der Waals surface area contributed by atoms with E-state index in [0.29, 0.717) is 17.0 Å². The topological polar surface area (TPSA) is 119 Å². The first kappa shape index (κ1) is 16.5. The lowest BCUT2D eigenvalue weighted by Gasteiger charge is -2.11. The van der Waals surface area contributed by atoms with Crippen LogP contribution in [-0.2, 0) is 6.54 Å². The van der Waals surface area contributed by atoms with Gasteiger partial charge in [-0.05, 0) is 24.3 Å². The Morgan fingerprint density at radius 1 is 1.04 bits per heavy atom. The van der Waals surface area contributed by atoms with Crippen LogP contribution < -0.4 is 10.6 Å². The fourth-order valence-electron chi connectivity index (χ4n) is 2.69. The lowest BCUT2D eigenvalue weighted by molar-refractivity contribution is -0.383. The number of nitrogens with zero attached hydrogens (tertiary/aromatic N) is 4. The van der Waals surface area contributed by atoms with E-state index in [-0.39, 0.29) is 23.9 Å². The molecular weight excluding hydrogens is 348 g/mol. The second-order valence-electron chi connectivity index (χ2n) is 5.62. The summed E-state index contributed by atoms with van der Waals surface area (Å²) in [6.45, 7) is 0.264. The maximum atomic E-state index is 11.7. The van der Waals surface area contributed by atoms with Crippen LogP contribution in [0.15, 0.2) is 65.7 Å². The minimum absolute atomic E-state index is 0.0788.